The highest BCUT2D eigenvalue weighted by molar-refractivity contribution is 6.34. The van der Waals surface area contributed by atoms with Crippen LogP contribution in [-0.2, 0) is 0 Å². The molecule has 0 fully saturated rings. The van der Waals surface area contributed by atoms with E-state index < -0.39 is 5.97 Å². The number of phenolic OH excluding ortho intramolecular Hbond substituents is 1. The minimum absolute atomic E-state index is 0.134. The predicted molar refractivity (Wildman–Crippen MR) is 95.1 cm³/mol. The van der Waals surface area contributed by atoms with Crippen molar-refractivity contribution in [1.82, 2.24) is 0 Å². The summed E-state index contributed by atoms with van der Waals surface area (Å²) >= 11 is 12.5. The number of ether oxygens (including phenoxy) is 3. The van der Waals surface area contributed by atoms with Gasteiger partial charge in [-0.25, -0.2) is 4.79 Å². The Hall–Kier alpha value is -2.11. The third-order valence-electron chi connectivity index (χ3n) is 4.40. The van der Waals surface area contributed by atoms with E-state index in [1.807, 2.05) is 0 Å². The zero-order valence-electron chi connectivity index (χ0n) is 14.3. The average molecular weight is 383 g/mol. The number of carbonyl (C=O) groups is 1. The number of halogens is 2. The molecular formula is C18H16Cl2O5. The molecule has 5 nitrogen and oxygen atoms in total. The number of fused-ring (bicyclic) bond motifs is 2. The summed E-state index contributed by atoms with van der Waals surface area (Å²) in [5.41, 5.74) is 2.06. The molecule has 0 unspecified atom stereocenters. The number of rotatable bonds is 1. The normalized spacial score (nSPS) is 12.7. The van der Waals surface area contributed by atoms with Gasteiger partial charge in [-0.2, -0.15) is 0 Å². The van der Waals surface area contributed by atoms with Crippen LogP contribution in [0.5, 0.6) is 28.7 Å². The molecule has 1 N–H and O–H groups in total. The summed E-state index contributed by atoms with van der Waals surface area (Å²) in [4.78, 5) is 12.7. The second-order valence-corrected chi connectivity index (χ2v) is 6.62. The molecule has 25 heavy (non-hydrogen) atoms. The molecule has 1 aliphatic rings. The minimum Gasteiger partial charge on any atom is -0.506 e. The molecule has 1 heterocycles. The van der Waals surface area contributed by atoms with Crippen LogP contribution >= 0.6 is 23.2 Å². The lowest BCUT2D eigenvalue weighted by molar-refractivity contribution is 0.0735. The SMILES string of the molecule is COc1c(C)c2c(c(C)c1Cl)C(=O)Oc1c(C)c(O)c(Cl)c(C)c1O2. The van der Waals surface area contributed by atoms with Crippen molar-refractivity contribution in [2.24, 2.45) is 0 Å². The molecule has 0 atom stereocenters. The lowest BCUT2D eigenvalue weighted by Crippen LogP contribution is -2.11. The molecule has 0 saturated heterocycles. The van der Waals surface area contributed by atoms with Crippen LogP contribution in [0.2, 0.25) is 10.0 Å². The summed E-state index contributed by atoms with van der Waals surface area (Å²) in [7, 11) is 1.49. The van der Waals surface area contributed by atoms with E-state index in [2.05, 4.69) is 0 Å². The van der Waals surface area contributed by atoms with E-state index in [1.165, 1.54) is 7.11 Å². The van der Waals surface area contributed by atoms with Gasteiger partial charge in [0.15, 0.2) is 11.5 Å². The van der Waals surface area contributed by atoms with E-state index in [0.717, 1.165) is 0 Å². The smallest absolute Gasteiger partial charge is 0.347 e. The van der Waals surface area contributed by atoms with Gasteiger partial charge in [0, 0.05) is 16.7 Å². The Morgan fingerprint density at radius 2 is 1.44 bits per heavy atom. The Balaban J connectivity index is 2.39. The monoisotopic (exact) mass is 382 g/mol. The van der Waals surface area contributed by atoms with Gasteiger partial charge < -0.3 is 19.3 Å². The van der Waals surface area contributed by atoms with Gasteiger partial charge in [0.05, 0.1) is 17.2 Å². The summed E-state index contributed by atoms with van der Waals surface area (Å²) in [6, 6.07) is 0. The van der Waals surface area contributed by atoms with Crippen LogP contribution < -0.4 is 14.2 Å². The third kappa shape index (κ3) is 2.41. The first-order valence-corrected chi connectivity index (χ1v) is 8.24. The van der Waals surface area contributed by atoms with Crippen molar-refractivity contribution in [3.8, 4) is 28.7 Å². The van der Waals surface area contributed by atoms with Crippen molar-refractivity contribution in [3.05, 3.63) is 37.9 Å². The number of hydrogen-bond acceptors (Lipinski definition) is 5. The van der Waals surface area contributed by atoms with E-state index in [0.29, 0.717) is 38.8 Å². The van der Waals surface area contributed by atoms with Crippen LogP contribution in [0.1, 0.15) is 32.6 Å². The minimum atomic E-state index is -0.622. The first kappa shape index (κ1) is 17.7. The Morgan fingerprint density at radius 1 is 0.840 bits per heavy atom. The quantitative estimate of drug-likeness (QED) is 0.537. The van der Waals surface area contributed by atoms with E-state index in [1.54, 1.807) is 27.7 Å². The van der Waals surface area contributed by atoms with Gasteiger partial charge in [-0.1, -0.05) is 23.2 Å². The van der Waals surface area contributed by atoms with Gasteiger partial charge in [0.25, 0.3) is 0 Å². The Labute approximate surface area is 155 Å². The Kier molecular flexibility index (Phi) is 4.25. The first-order chi connectivity index (χ1) is 11.7. The van der Waals surface area contributed by atoms with Gasteiger partial charge in [0.1, 0.15) is 22.8 Å². The van der Waals surface area contributed by atoms with Crippen LogP contribution in [0.4, 0.5) is 0 Å². The number of carbonyl (C=O) groups excluding carboxylic acids is 1. The van der Waals surface area contributed by atoms with Crippen LogP contribution in [0.15, 0.2) is 0 Å². The number of benzene rings is 2. The van der Waals surface area contributed by atoms with Gasteiger partial charge in [-0.15, -0.1) is 0 Å². The molecule has 1 aliphatic heterocycles. The van der Waals surface area contributed by atoms with Gasteiger partial charge in [0.2, 0.25) is 0 Å². The van der Waals surface area contributed by atoms with E-state index in [9.17, 15) is 9.90 Å². The summed E-state index contributed by atoms with van der Waals surface area (Å²) in [6.45, 7) is 6.70. The molecular weight excluding hydrogens is 367 g/mol. The molecule has 2 aromatic carbocycles. The van der Waals surface area contributed by atoms with Gasteiger partial charge in [-0.05, 0) is 33.3 Å². The summed E-state index contributed by atoms with van der Waals surface area (Å²) in [6.07, 6.45) is 0. The average Bonchev–Trinajstić information content (AvgIpc) is 2.73. The summed E-state index contributed by atoms with van der Waals surface area (Å²) in [5, 5.41) is 10.6. The third-order valence-corrected chi connectivity index (χ3v) is 5.32. The largest absolute Gasteiger partial charge is 0.506 e. The van der Waals surface area contributed by atoms with E-state index in [-0.39, 0.29) is 27.8 Å². The number of methoxy groups -OCH3 is 1. The number of hydrogen-bond donors (Lipinski definition) is 1. The fourth-order valence-corrected chi connectivity index (χ4v) is 3.44. The molecule has 0 radical (unpaired) electrons. The fourth-order valence-electron chi connectivity index (χ4n) is 2.90. The molecule has 0 spiro atoms. The highest BCUT2D eigenvalue weighted by Gasteiger charge is 2.33. The molecule has 0 bridgehead atoms. The van der Waals surface area contributed by atoms with Crippen LogP contribution in [0.3, 0.4) is 0 Å². The molecule has 0 aliphatic carbocycles. The van der Waals surface area contributed by atoms with E-state index >= 15 is 0 Å². The molecule has 132 valence electrons. The summed E-state index contributed by atoms with van der Waals surface area (Å²) < 4.78 is 16.9. The standard InChI is InChI=1S/C18H16Cl2O5/c1-6-10-14(9(4)15(23-5)12(6)20)24-16-7(2)11(19)13(21)8(3)17(16)25-18(10)22/h21H,1-5H3. The zero-order valence-corrected chi connectivity index (χ0v) is 15.8. The molecule has 0 amide bonds. The highest BCUT2D eigenvalue weighted by Crippen LogP contribution is 2.52. The number of esters is 1. The van der Waals surface area contributed by atoms with Gasteiger partial charge in [-0.3, -0.25) is 0 Å². The topological polar surface area (TPSA) is 65.0 Å². The predicted octanol–water partition coefficient (Wildman–Crippen LogP) is 5.27. The van der Waals surface area contributed by atoms with Crippen molar-refractivity contribution in [3.63, 3.8) is 0 Å². The zero-order chi connectivity index (χ0) is 18.6. The fraction of sp³-hybridized carbons (Fsp3) is 0.278. The highest BCUT2D eigenvalue weighted by atomic mass is 35.5. The van der Waals surface area contributed by atoms with Crippen LogP contribution in [0, 0.1) is 27.7 Å². The second kappa shape index (κ2) is 6.00. The van der Waals surface area contributed by atoms with Crippen molar-refractivity contribution < 1.29 is 24.1 Å². The second-order valence-electron chi connectivity index (χ2n) is 5.86. The van der Waals surface area contributed by atoms with Crippen molar-refractivity contribution >= 4 is 29.2 Å². The Bertz CT molecular complexity index is 935. The molecule has 2 aromatic rings. The molecule has 0 aromatic heterocycles. The maximum Gasteiger partial charge on any atom is 0.347 e. The maximum absolute atomic E-state index is 12.7. The van der Waals surface area contributed by atoms with Crippen LogP contribution in [0.25, 0.3) is 0 Å². The molecule has 7 heteroatoms. The van der Waals surface area contributed by atoms with Crippen molar-refractivity contribution in [2.45, 2.75) is 27.7 Å². The number of phenols is 1. The van der Waals surface area contributed by atoms with Crippen molar-refractivity contribution in [1.29, 1.82) is 0 Å². The lowest BCUT2D eigenvalue weighted by atomic mass is 10.0. The number of aromatic hydroxyl groups is 1. The van der Waals surface area contributed by atoms with Gasteiger partial charge >= 0.3 is 5.97 Å². The molecule has 0 saturated carbocycles. The maximum atomic E-state index is 12.7. The Morgan fingerprint density at radius 3 is 2.04 bits per heavy atom. The first-order valence-electron chi connectivity index (χ1n) is 7.48. The van der Waals surface area contributed by atoms with Crippen molar-refractivity contribution in [2.75, 3.05) is 7.11 Å². The lowest BCUT2D eigenvalue weighted by Gasteiger charge is -2.18. The summed E-state index contributed by atoms with van der Waals surface area (Å²) in [5.74, 6) is 0.362. The molecule has 3 rings (SSSR count). The van der Waals surface area contributed by atoms with E-state index in [4.69, 9.17) is 37.4 Å². The van der Waals surface area contributed by atoms with Crippen LogP contribution in [-0.4, -0.2) is 18.2 Å².